The van der Waals surface area contributed by atoms with Gasteiger partial charge in [-0.25, -0.2) is 0 Å². The fourth-order valence-corrected chi connectivity index (χ4v) is 2.08. The third kappa shape index (κ3) is 1.81. The van der Waals surface area contributed by atoms with Gasteiger partial charge in [-0.15, -0.1) is 0 Å². The van der Waals surface area contributed by atoms with Crippen molar-refractivity contribution < 1.29 is 4.74 Å². The van der Waals surface area contributed by atoms with E-state index in [1.807, 2.05) is 18.2 Å². The van der Waals surface area contributed by atoms with Crippen LogP contribution in [0, 0.1) is 0 Å². The highest BCUT2D eigenvalue weighted by Crippen LogP contribution is 2.26. The maximum Gasteiger partial charge on any atom is 0.127 e. The highest BCUT2D eigenvalue weighted by molar-refractivity contribution is 5.60. The molecular formula is C13H14N2O. The number of nitrogens with one attached hydrogen (secondary N) is 1. The minimum atomic E-state index is 0.161. The molecule has 2 unspecified atom stereocenters. The van der Waals surface area contributed by atoms with E-state index in [1.165, 1.54) is 0 Å². The van der Waals surface area contributed by atoms with Crippen LogP contribution in [0.2, 0.25) is 0 Å². The van der Waals surface area contributed by atoms with Crippen molar-refractivity contribution in [3.05, 3.63) is 35.9 Å². The molecule has 2 heterocycles. The molecule has 1 N–H and O–H groups in total. The Hall–Kier alpha value is -1.77. The molecule has 0 aromatic heterocycles. The first-order valence-corrected chi connectivity index (χ1v) is 5.60. The lowest BCUT2D eigenvalue weighted by atomic mass is 10.0. The number of benzene rings is 1. The number of hydrogen-bond acceptors (Lipinski definition) is 3. The van der Waals surface area contributed by atoms with E-state index in [4.69, 9.17) is 4.74 Å². The van der Waals surface area contributed by atoms with Crippen LogP contribution < -0.4 is 10.1 Å². The molecule has 82 valence electrons. The van der Waals surface area contributed by atoms with Crippen molar-refractivity contribution >= 4 is 12.4 Å². The molecule has 0 aliphatic carbocycles. The van der Waals surface area contributed by atoms with Gasteiger partial charge in [-0.2, -0.15) is 0 Å². The summed E-state index contributed by atoms with van der Waals surface area (Å²) in [5.74, 6) is 0.980. The molecule has 16 heavy (non-hydrogen) atoms. The number of fused-ring (bicyclic) bond motifs is 1. The first kappa shape index (κ1) is 9.46. The van der Waals surface area contributed by atoms with Crippen LogP contribution in [0.3, 0.4) is 0 Å². The predicted octanol–water partition coefficient (Wildman–Crippen LogP) is 1.85. The van der Waals surface area contributed by atoms with E-state index in [0.29, 0.717) is 6.04 Å². The van der Waals surface area contributed by atoms with Crippen LogP contribution in [0.5, 0.6) is 5.75 Å². The Balaban J connectivity index is 1.68. The zero-order valence-electron chi connectivity index (χ0n) is 8.97. The molecule has 0 radical (unpaired) electrons. The molecule has 0 bridgehead atoms. The van der Waals surface area contributed by atoms with E-state index >= 15 is 0 Å². The van der Waals surface area contributed by atoms with Gasteiger partial charge in [0.15, 0.2) is 0 Å². The fraction of sp³-hybridized carbons (Fsp3) is 0.308. The van der Waals surface area contributed by atoms with E-state index < -0.39 is 0 Å². The third-order valence-corrected chi connectivity index (χ3v) is 2.93. The van der Waals surface area contributed by atoms with E-state index in [0.717, 1.165) is 24.3 Å². The molecule has 2 atom stereocenters. The van der Waals surface area contributed by atoms with Gasteiger partial charge in [-0.3, -0.25) is 4.99 Å². The Labute approximate surface area is 94.8 Å². The van der Waals surface area contributed by atoms with Gasteiger partial charge in [0, 0.05) is 12.0 Å². The van der Waals surface area contributed by atoms with Crippen molar-refractivity contribution in [2.24, 2.45) is 4.99 Å². The van der Waals surface area contributed by atoms with Crippen LogP contribution in [0.4, 0.5) is 0 Å². The number of nitrogens with zero attached hydrogens (tertiary/aromatic N) is 1. The molecule has 3 rings (SSSR count). The van der Waals surface area contributed by atoms with E-state index in [2.05, 4.69) is 28.5 Å². The summed E-state index contributed by atoms with van der Waals surface area (Å²) in [5, 5.41) is 3.22. The molecule has 2 aliphatic heterocycles. The van der Waals surface area contributed by atoms with Crippen LogP contribution in [-0.4, -0.2) is 25.0 Å². The maximum absolute atomic E-state index is 5.91. The number of para-hydroxylation sites is 1. The highest BCUT2D eigenvalue weighted by atomic mass is 16.5. The molecule has 3 heteroatoms. The van der Waals surface area contributed by atoms with Crippen LogP contribution >= 0.6 is 0 Å². The van der Waals surface area contributed by atoms with E-state index in [1.54, 1.807) is 6.34 Å². The van der Waals surface area contributed by atoms with Gasteiger partial charge in [0.1, 0.15) is 11.9 Å². The molecule has 1 aromatic rings. The molecule has 0 saturated heterocycles. The lowest BCUT2D eigenvalue weighted by Gasteiger charge is -2.23. The molecule has 0 saturated carbocycles. The van der Waals surface area contributed by atoms with Crippen LogP contribution in [-0.2, 0) is 0 Å². The SMILES string of the molecule is C1=CC(CC2CN=CN2)Oc2ccccc21. The Morgan fingerprint density at radius 1 is 1.38 bits per heavy atom. The summed E-state index contributed by atoms with van der Waals surface area (Å²) in [6, 6.07) is 8.54. The molecule has 3 nitrogen and oxygen atoms in total. The topological polar surface area (TPSA) is 33.6 Å². The average Bonchev–Trinajstić information content (AvgIpc) is 2.82. The summed E-state index contributed by atoms with van der Waals surface area (Å²) in [6.45, 7) is 0.856. The smallest absolute Gasteiger partial charge is 0.127 e. The van der Waals surface area contributed by atoms with Crippen molar-refractivity contribution in [1.82, 2.24) is 5.32 Å². The van der Waals surface area contributed by atoms with Crippen molar-refractivity contribution in [3.63, 3.8) is 0 Å². The number of rotatable bonds is 2. The Morgan fingerprint density at radius 2 is 2.31 bits per heavy atom. The summed E-state index contributed by atoms with van der Waals surface area (Å²) in [7, 11) is 0. The molecular weight excluding hydrogens is 200 g/mol. The highest BCUT2D eigenvalue weighted by Gasteiger charge is 2.20. The summed E-state index contributed by atoms with van der Waals surface area (Å²) in [4.78, 5) is 4.16. The molecule has 0 fully saturated rings. The average molecular weight is 214 g/mol. The predicted molar refractivity (Wildman–Crippen MR) is 64.8 cm³/mol. The second-order valence-corrected chi connectivity index (χ2v) is 4.15. The largest absolute Gasteiger partial charge is 0.486 e. The minimum absolute atomic E-state index is 0.161. The first-order chi connectivity index (χ1) is 7.92. The third-order valence-electron chi connectivity index (χ3n) is 2.93. The van der Waals surface area contributed by atoms with E-state index in [-0.39, 0.29) is 6.10 Å². The lowest BCUT2D eigenvalue weighted by molar-refractivity contribution is 0.223. The van der Waals surface area contributed by atoms with Crippen molar-refractivity contribution in [1.29, 1.82) is 0 Å². The summed E-state index contributed by atoms with van der Waals surface area (Å²) in [6.07, 6.45) is 7.17. The van der Waals surface area contributed by atoms with Crippen LogP contribution in [0.15, 0.2) is 35.3 Å². The molecule has 2 aliphatic rings. The van der Waals surface area contributed by atoms with Gasteiger partial charge in [-0.1, -0.05) is 24.3 Å². The zero-order chi connectivity index (χ0) is 10.8. The van der Waals surface area contributed by atoms with Gasteiger partial charge < -0.3 is 10.1 Å². The van der Waals surface area contributed by atoms with Gasteiger partial charge in [-0.05, 0) is 12.1 Å². The Kier molecular flexibility index (Phi) is 2.37. The summed E-state index contributed by atoms with van der Waals surface area (Å²) < 4.78 is 5.91. The maximum atomic E-state index is 5.91. The summed E-state index contributed by atoms with van der Waals surface area (Å²) in [5.41, 5.74) is 1.16. The second kappa shape index (κ2) is 4.00. The number of ether oxygens (including phenoxy) is 1. The standard InChI is InChI=1S/C13H14N2O/c1-2-4-13-10(3-1)5-6-12(16-13)7-11-8-14-9-15-11/h1-6,9,11-12H,7-8H2,(H,14,15). The van der Waals surface area contributed by atoms with Gasteiger partial charge in [0.2, 0.25) is 0 Å². The van der Waals surface area contributed by atoms with Crippen LogP contribution in [0.1, 0.15) is 12.0 Å². The van der Waals surface area contributed by atoms with Crippen molar-refractivity contribution in [3.8, 4) is 5.75 Å². The van der Waals surface area contributed by atoms with E-state index in [9.17, 15) is 0 Å². The van der Waals surface area contributed by atoms with Crippen LogP contribution in [0.25, 0.3) is 6.08 Å². The van der Waals surface area contributed by atoms with Crippen molar-refractivity contribution in [2.45, 2.75) is 18.6 Å². The first-order valence-electron chi connectivity index (χ1n) is 5.60. The minimum Gasteiger partial charge on any atom is -0.486 e. The van der Waals surface area contributed by atoms with Gasteiger partial charge in [0.05, 0.1) is 18.9 Å². The normalized spacial score (nSPS) is 26.0. The van der Waals surface area contributed by atoms with Gasteiger partial charge >= 0.3 is 0 Å². The molecule has 0 amide bonds. The Bertz CT molecular complexity index is 431. The number of hydrogen-bond donors (Lipinski definition) is 1. The summed E-state index contributed by atoms with van der Waals surface area (Å²) >= 11 is 0. The number of aliphatic imine (C=N–C) groups is 1. The zero-order valence-corrected chi connectivity index (χ0v) is 8.97. The monoisotopic (exact) mass is 214 g/mol. The fourth-order valence-electron chi connectivity index (χ4n) is 2.08. The Morgan fingerprint density at radius 3 is 3.19 bits per heavy atom. The van der Waals surface area contributed by atoms with Crippen molar-refractivity contribution in [2.75, 3.05) is 6.54 Å². The van der Waals surface area contributed by atoms with Gasteiger partial charge in [0.25, 0.3) is 0 Å². The second-order valence-electron chi connectivity index (χ2n) is 4.15. The molecule has 1 aromatic carbocycles. The quantitative estimate of drug-likeness (QED) is 0.815. The lowest BCUT2D eigenvalue weighted by Crippen LogP contribution is -2.31. The molecule has 0 spiro atoms.